The first-order valence-electron chi connectivity index (χ1n) is 21.1. The summed E-state index contributed by atoms with van der Waals surface area (Å²) in [6, 6.07) is 51.0. The number of anilines is 3. The van der Waals surface area contributed by atoms with E-state index >= 15 is 0 Å². The zero-order valence-electron chi connectivity index (χ0n) is 38.2. The molecule has 3 amide bonds. The molecule has 0 aliphatic rings. The summed E-state index contributed by atoms with van der Waals surface area (Å²) in [6.07, 6.45) is -0.641. The number of esters is 1. The van der Waals surface area contributed by atoms with Crippen LogP contribution in [0.2, 0.25) is 0 Å². The van der Waals surface area contributed by atoms with Gasteiger partial charge in [-0.3, -0.25) is 24.0 Å². The number of hydrogen-bond donors (Lipinski definition) is 5. The number of carbonyl (C=O) groups excluding carboxylic acids is 4. The van der Waals surface area contributed by atoms with Crippen molar-refractivity contribution in [2.24, 2.45) is 10.8 Å². The van der Waals surface area contributed by atoms with Crippen LogP contribution in [0.3, 0.4) is 0 Å². The highest BCUT2D eigenvalue weighted by Crippen LogP contribution is 2.43. The Morgan fingerprint density at radius 1 is 0.439 bits per heavy atom. The fourth-order valence-corrected chi connectivity index (χ4v) is 7.55. The van der Waals surface area contributed by atoms with E-state index in [0.717, 1.165) is 44.8 Å². The van der Waals surface area contributed by atoms with E-state index in [4.69, 9.17) is 4.74 Å². The van der Waals surface area contributed by atoms with Crippen LogP contribution in [0.1, 0.15) is 107 Å². The van der Waals surface area contributed by atoms with Gasteiger partial charge in [-0.1, -0.05) is 135 Å². The van der Waals surface area contributed by atoms with Gasteiger partial charge >= 0.3 is 11.9 Å². The van der Waals surface area contributed by atoms with Crippen LogP contribution in [0.15, 0.2) is 164 Å². The third kappa shape index (κ3) is 14.9. The van der Waals surface area contributed by atoms with Crippen molar-refractivity contribution in [3.8, 4) is 0 Å². The molecule has 0 heterocycles. The van der Waals surface area contributed by atoms with Gasteiger partial charge in [-0.25, -0.2) is 0 Å². The van der Waals surface area contributed by atoms with Crippen molar-refractivity contribution in [2.45, 2.75) is 73.8 Å². The molecule has 0 bridgehead atoms. The number of carboxylic acid groups (broad SMARTS) is 1. The number of amides is 3. The number of methoxy groups -OCH3 is 1. The fourth-order valence-electron chi connectivity index (χ4n) is 7.55. The SMILES string of the molecule is C.CC(=O)Nc1ccc(C(O)c2ccccc2)cc1.CC(=O)Nc1ccc(C(c2ccccc2)C(C)(C)C(=O)O)cc1.COC(=O)C(C)(C)C(c1ccccc1)c1ccc(NC(C)=O)cc1. The lowest BCUT2D eigenvalue weighted by molar-refractivity contribution is -0.151. The van der Waals surface area contributed by atoms with Crippen LogP contribution in [0.25, 0.3) is 0 Å². The van der Waals surface area contributed by atoms with Gasteiger partial charge in [-0.05, 0) is 97.5 Å². The Bertz CT molecular complexity index is 2470. The summed E-state index contributed by atoms with van der Waals surface area (Å²) in [6.45, 7) is 11.6. The lowest BCUT2D eigenvalue weighted by Gasteiger charge is -2.32. The molecule has 6 aromatic carbocycles. The minimum Gasteiger partial charge on any atom is -0.481 e. The summed E-state index contributed by atoms with van der Waals surface area (Å²) in [5.74, 6) is -1.91. The smallest absolute Gasteiger partial charge is 0.312 e. The highest BCUT2D eigenvalue weighted by Gasteiger charge is 2.40. The Kier molecular flexibility index (Phi) is 19.8. The molecule has 11 nitrogen and oxygen atoms in total. The van der Waals surface area contributed by atoms with Crippen LogP contribution in [-0.4, -0.2) is 47.0 Å². The number of benzene rings is 6. The minimum atomic E-state index is -0.961. The van der Waals surface area contributed by atoms with Gasteiger partial charge in [0.25, 0.3) is 0 Å². The van der Waals surface area contributed by atoms with Gasteiger partial charge in [0.05, 0.1) is 17.9 Å². The third-order valence-electron chi connectivity index (χ3n) is 10.8. The van der Waals surface area contributed by atoms with Crippen LogP contribution < -0.4 is 16.0 Å². The van der Waals surface area contributed by atoms with Crippen LogP contribution in [-0.2, 0) is 28.7 Å². The Morgan fingerprint density at radius 3 is 0.985 bits per heavy atom. The van der Waals surface area contributed by atoms with Gasteiger partial charge in [-0.2, -0.15) is 0 Å². The van der Waals surface area contributed by atoms with E-state index < -0.39 is 22.9 Å². The minimum absolute atomic E-state index is 0. The van der Waals surface area contributed by atoms with E-state index in [9.17, 15) is 34.2 Å². The Balaban J connectivity index is 0.000000263. The second-order valence-electron chi connectivity index (χ2n) is 16.7. The molecule has 6 aromatic rings. The first kappa shape index (κ1) is 53.0. The average molecular weight is 894 g/mol. The van der Waals surface area contributed by atoms with Crippen LogP contribution >= 0.6 is 0 Å². The maximum atomic E-state index is 12.4. The summed E-state index contributed by atoms with van der Waals surface area (Å²) in [7, 11) is 1.41. The van der Waals surface area contributed by atoms with Gasteiger partial charge in [0.1, 0.15) is 6.10 Å². The summed E-state index contributed by atoms with van der Waals surface area (Å²) in [5, 5.41) is 28.0. The van der Waals surface area contributed by atoms with Gasteiger partial charge in [0, 0.05) is 49.7 Å². The van der Waals surface area contributed by atoms with Crippen molar-refractivity contribution >= 4 is 46.7 Å². The van der Waals surface area contributed by atoms with Crippen molar-refractivity contribution in [3.63, 3.8) is 0 Å². The second-order valence-corrected chi connectivity index (χ2v) is 16.7. The Morgan fingerprint density at radius 2 is 0.697 bits per heavy atom. The molecule has 0 spiro atoms. The van der Waals surface area contributed by atoms with Crippen molar-refractivity contribution in [3.05, 3.63) is 197 Å². The molecule has 346 valence electrons. The van der Waals surface area contributed by atoms with Crippen LogP contribution in [0.4, 0.5) is 17.1 Å². The molecule has 5 N–H and O–H groups in total. The van der Waals surface area contributed by atoms with E-state index in [-0.39, 0.29) is 43.0 Å². The maximum Gasteiger partial charge on any atom is 0.312 e. The first-order chi connectivity index (χ1) is 30.8. The van der Waals surface area contributed by atoms with Crippen molar-refractivity contribution in [2.75, 3.05) is 23.1 Å². The molecule has 6 rings (SSSR count). The molecule has 0 aromatic heterocycles. The second kappa shape index (κ2) is 24.6. The molecule has 3 atom stereocenters. The van der Waals surface area contributed by atoms with E-state index in [1.165, 1.54) is 27.9 Å². The molecule has 0 aliphatic carbocycles. The number of carbonyl (C=O) groups is 5. The topological polar surface area (TPSA) is 171 Å². The van der Waals surface area contributed by atoms with Gasteiger partial charge < -0.3 is 30.9 Å². The zero-order valence-corrected chi connectivity index (χ0v) is 38.2. The summed E-state index contributed by atoms with van der Waals surface area (Å²) in [5.41, 5.74) is 6.00. The summed E-state index contributed by atoms with van der Waals surface area (Å²) >= 11 is 0. The van der Waals surface area contributed by atoms with Crippen LogP contribution in [0, 0.1) is 10.8 Å². The van der Waals surface area contributed by atoms with Gasteiger partial charge in [0.2, 0.25) is 17.7 Å². The van der Waals surface area contributed by atoms with Crippen LogP contribution in [0.5, 0.6) is 0 Å². The highest BCUT2D eigenvalue weighted by atomic mass is 16.5. The number of nitrogens with one attached hydrogen (secondary N) is 3. The quantitative estimate of drug-likeness (QED) is 0.0713. The standard InChI is InChI=1S/C20H23NO3.C19H21NO3.C15H15NO2.CH4/c1-14(22)21-17-12-10-16(11-13-17)18(15-8-6-5-7-9-15)20(2,3)19(23)24-4;1-13(21)20-16-11-9-15(10-12-16)17(19(2,3)18(22)23)14-7-5-4-6-8-14;1-11(17)16-14-9-7-13(8-10-14)15(18)12-5-3-2-4-6-12;/h5-13,18H,1-4H3,(H,21,22);4-12,17H,1-3H3,(H,20,21)(H,22,23);2-10,15,18H,1H3,(H,16,17);1H4. The van der Waals surface area contributed by atoms with Crippen molar-refractivity contribution < 1.29 is 38.9 Å². The molecule has 0 saturated carbocycles. The normalized spacial score (nSPS) is 12.1. The molecule has 0 fully saturated rings. The Labute approximate surface area is 389 Å². The highest BCUT2D eigenvalue weighted by molar-refractivity contribution is 5.89. The number of carboxylic acids is 1. The monoisotopic (exact) mass is 893 g/mol. The maximum absolute atomic E-state index is 12.4. The largest absolute Gasteiger partial charge is 0.481 e. The Hall–Kier alpha value is -7.37. The number of aliphatic hydroxyl groups excluding tert-OH is 1. The van der Waals surface area contributed by atoms with Crippen molar-refractivity contribution in [1.29, 1.82) is 0 Å². The van der Waals surface area contributed by atoms with E-state index in [0.29, 0.717) is 5.69 Å². The third-order valence-corrected chi connectivity index (χ3v) is 10.8. The number of aliphatic hydroxyl groups is 1. The predicted octanol–water partition coefficient (Wildman–Crippen LogP) is 11.2. The molecule has 0 saturated heterocycles. The lowest BCUT2D eigenvalue weighted by atomic mass is 9.71. The number of ether oxygens (including phenoxy) is 1. The molecule has 66 heavy (non-hydrogen) atoms. The number of aliphatic carboxylic acids is 1. The molecule has 0 aliphatic heterocycles. The molecule has 0 radical (unpaired) electrons. The predicted molar refractivity (Wildman–Crippen MR) is 263 cm³/mol. The number of hydrogen-bond acceptors (Lipinski definition) is 7. The summed E-state index contributed by atoms with van der Waals surface area (Å²) in [4.78, 5) is 57.3. The van der Waals surface area contributed by atoms with E-state index in [1.807, 2.05) is 153 Å². The lowest BCUT2D eigenvalue weighted by Crippen LogP contribution is -2.33. The average Bonchev–Trinajstić information content (AvgIpc) is 3.28. The van der Waals surface area contributed by atoms with E-state index in [2.05, 4.69) is 16.0 Å². The van der Waals surface area contributed by atoms with E-state index in [1.54, 1.807) is 38.1 Å². The molecule has 3 unspecified atom stereocenters. The summed E-state index contributed by atoms with van der Waals surface area (Å²) < 4.78 is 5.02. The fraction of sp³-hybridized carbons (Fsp3) is 0.255. The molecule has 11 heteroatoms. The molecular formula is C55H63N3O8. The van der Waals surface area contributed by atoms with Gasteiger partial charge in [-0.15, -0.1) is 0 Å². The molecular weight excluding hydrogens is 831 g/mol. The number of rotatable bonds is 13. The zero-order chi connectivity index (χ0) is 47.7. The van der Waals surface area contributed by atoms with Crippen molar-refractivity contribution in [1.82, 2.24) is 0 Å². The van der Waals surface area contributed by atoms with Gasteiger partial charge in [0.15, 0.2) is 0 Å². The first-order valence-corrected chi connectivity index (χ1v) is 21.1.